The van der Waals surface area contributed by atoms with Crippen molar-refractivity contribution in [3.8, 4) is 0 Å². The van der Waals surface area contributed by atoms with Gasteiger partial charge in [-0.3, -0.25) is 4.79 Å². The number of hydrogen-bond acceptors (Lipinski definition) is 3. The normalized spacial score (nSPS) is 11.0. The zero-order valence-electron chi connectivity index (χ0n) is 14.7. The minimum absolute atomic E-state index is 0.0333. The van der Waals surface area contributed by atoms with E-state index in [9.17, 15) is 4.79 Å². The Morgan fingerprint density at radius 1 is 1.15 bits per heavy atom. The topological polar surface area (TPSA) is 46.9 Å². The smallest absolute Gasteiger partial charge is 0.234 e. The van der Waals surface area contributed by atoms with E-state index in [0.29, 0.717) is 5.75 Å². The Morgan fingerprint density at radius 3 is 2.73 bits per heavy atom. The maximum absolute atomic E-state index is 12.3. The van der Waals surface area contributed by atoms with Gasteiger partial charge in [-0.05, 0) is 46.6 Å². The lowest BCUT2D eigenvalue weighted by atomic mass is 10.2. The number of nitrogens with one attached hydrogen (secondary N) is 1. The minimum atomic E-state index is -0.0333. The van der Waals surface area contributed by atoms with E-state index in [1.165, 1.54) is 24.6 Å². The van der Waals surface area contributed by atoms with E-state index in [1.807, 2.05) is 42.5 Å². The van der Waals surface area contributed by atoms with E-state index in [1.54, 1.807) is 0 Å². The van der Waals surface area contributed by atoms with Gasteiger partial charge in [0.2, 0.25) is 5.91 Å². The van der Waals surface area contributed by atoms with Crippen LogP contribution in [0.3, 0.4) is 0 Å². The summed E-state index contributed by atoms with van der Waals surface area (Å²) in [7, 11) is 0. The monoisotopic (exact) mass is 431 g/mol. The molecule has 26 heavy (non-hydrogen) atoms. The number of imidazole rings is 1. The predicted octanol–water partition coefficient (Wildman–Crippen LogP) is 5.72. The van der Waals surface area contributed by atoms with Crippen molar-refractivity contribution in [1.29, 1.82) is 0 Å². The molecule has 0 aliphatic carbocycles. The number of carbonyl (C=O) groups is 1. The Balaban J connectivity index is 1.70. The average Bonchev–Trinajstić information content (AvgIpc) is 3.00. The molecule has 1 aromatic heterocycles. The third-order valence-corrected chi connectivity index (χ3v) is 5.75. The van der Waals surface area contributed by atoms with Gasteiger partial charge in [-0.1, -0.05) is 55.8 Å². The van der Waals surface area contributed by atoms with Crippen molar-refractivity contribution >= 4 is 50.3 Å². The van der Waals surface area contributed by atoms with Gasteiger partial charge in [0, 0.05) is 11.0 Å². The molecule has 136 valence electrons. The molecular formula is C20H22BrN3OS. The van der Waals surface area contributed by atoms with E-state index in [4.69, 9.17) is 4.98 Å². The molecule has 1 heterocycles. The molecule has 1 N–H and O–H groups in total. The molecule has 0 saturated heterocycles. The minimum Gasteiger partial charge on any atom is -0.324 e. The molecule has 0 aliphatic heterocycles. The molecule has 3 rings (SSSR count). The summed E-state index contributed by atoms with van der Waals surface area (Å²) in [5.41, 5.74) is 2.91. The molecular weight excluding hydrogens is 410 g/mol. The van der Waals surface area contributed by atoms with Crippen molar-refractivity contribution < 1.29 is 4.79 Å². The van der Waals surface area contributed by atoms with Gasteiger partial charge in [0.05, 0.1) is 22.5 Å². The molecule has 1 amide bonds. The molecule has 0 aliphatic rings. The summed E-state index contributed by atoms with van der Waals surface area (Å²) in [5.74, 6) is 0.299. The van der Waals surface area contributed by atoms with Crippen LogP contribution in [-0.2, 0) is 11.3 Å². The van der Waals surface area contributed by atoms with Crippen LogP contribution in [0.15, 0.2) is 58.2 Å². The SMILES string of the molecule is CCCCCn1c(SCC(=O)Nc2ccccc2Br)nc2ccccc21. The third-order valence-electron chi connectivity index (χ3n) is 4.09. The molecule has 2 aromatic carbocycles. The quantitative estimate of drug-likeness (QED) is 0.366. The summed E-state index contributed by atoms with van der Waals surface area (Å²) >= 11 is 4.94. The molecule has 0 saturated carbocycles. The molecule has 3 aromatic rings. The summed E-state index contributed by atoms with van der Waals surface area (Å²) in [6.45, 7) is 3.14. The molecule has 6 heteroatoms. The van der Waals surface area contributed by atoms with E-state index in [0.717, 1.165) is 39.3 Å². The van der Waals surface area contributed by atoms with Crippen LogP contribution in [0.5, 0.6) is 0 Å². The number of para-hydroxylation sites is 3. The van der Waals surface area contributed by atoms with Crippen molar-refractivity contribution in [2.24, 2.45) is 0 Å². The number of halogens is 1. The van der Waals surface area contributed by atoms with Gasteiger partial charge in [-0.15, -0.1) is 0 Å². The van der Waals surface area contributed by atoms with E-state index in [2.05, 4.69) is 38.8 Å². The first-order chi connectivity index (χ1) is 12.7. The van der Waals surface area contributed by atoms with Gasteiger partial charge in [-0.2, -0.15) is 0 Å². The van der Waals surface area contributed by atoms with Crippen LogP contribution in [0.25, 0.3) is 11.0 Å². The van der Waals surface area contributed by atoms with Crippen LogP contribution in [0.2, 0.25) is 0 Å². The fourth-order valence-electron chi connectivity index (χ4n) is 2.78. The van der Waals surface area contributed by atoms with Gasteiger partial charge in [0.15, 0.2) is 5.16 Å². The summed E-state index contributed by atoms with van der Waals surface area (Å²) in [6, 6.07) is 15.8. The van der Waals surface area contributed by atoms with Crippen molar-refractivity contribution in [3.05, 3.63) is 53.0 Å². The Hall–Kier alpha value is -1.79. The Bertz CT molecular complexity index is 894. The second-order valence-corrected chi connectivity index (χ2v) is 7.86. The number of rotatable bonds is 8. The molecule has 0 spiro atoms. The summed E-state index contributed by atoms with van der Waals surface area (Å²) in [4.78, 5) is 17.1. The Labute approximate surface area is 166 Å². The van der Waals surface area contributed by atoms with Crippen molar-refractivity contribution in [1.82, 2.24) is 9.55 Å². The highest BCUT2D eigenvalue weighted by molar-refractivity contribution is 9.10. The number of fused-ring (bicyclic) bond motifs is 1. The molecule has 4 nitrogen and oxygen atoms in total. The average molecular weight is 432 g/mol. The van der Waals surface area contributed by atoms with Crippen molar-refractivity contribution in [3.63, 3.8) is 0 Å². The first kappa shape index (κ1) is 19.0. The summed E-state index contributed by atoms with van der Waals surface area (Å²) in [5, 5.41) is 3.85. The number of aromatic nitrogens is 2. The second-order valence-electron chi connectivity index (χ2n) is 6.06. The highest BCUT2D eigenvalue weighted by atomic mass is 79.9. The van der Waals surface area contributed by atoms with E-state index in [-0.39, 0.29) is 5.91 Å². The lowest BCUT2D eigenvalue weighted by Gasteiger charge is -2.09. The van der Waals surface area contributed by atoms with Gasteiger partial charge < -0.3 is 9.88 Å². The van der Waals surface area contributed by atoms with Gasteiger partial charge in [0.1, 0.15) is 0 Å². The highest BCUT2D eigenvalue weighted by Crippen LogP contribution is 2.26. The number of benzene rings is 2. The summed E-state index contributed by atoms with van der Waals surface area (Å²) < 4.78 is 3.12. The highest BCUT2D eigenvalue weighted by Gasteiger charge is 2.13. The Morgan fingerprint density at radius 2 is 1.92 bits per heavy atom. The molecule has 0 fully saturated rings. The van der Waals surface area contributed by atoms with Crippen LogP contribution in [-0.4, -0.2) is 21.2 Å². The molecule has 0 unspecified atom stereocenters. The van der Waals surface area contributed by atoms with Gasteiger partial charge >= 0.3 is 0 Å². The third kappa shape index (κ3) is 4.68. The number of carbonyl (C=O) groups excluding carboxylic acids is 1. The number of hydrogen-bond donors (Lipinski definition) is 1. The lowest BCUT2D eigenvalue weighted by Crippen LogP contribution is -2.15. The van der Waals surface area contributed by atoms with Crippen LogP contribution in [0.4, 0.5) is 5.69 Å². The fourth-order valence-corrected chi connectivity index (χ4v) is 4.00. The van der Waals surface area contributed by atoms with Gasteiger partial charge in [0.25, 0.3) is 0 Å². The fraction of sp³-hybridized carbons (Fsp3) is 0.300. The zero-order valence-corrected chi connectivity index (χ0v) is 17.1. The van der Waals surface area contributed by atoms with Crippen LogP contribution in [0, 0.1) is 0 Å². The number of nitrogens with zero attached hydrogens (tertiary/aromatic N) is 2. The standard InChI is InChI=1S/C20H22BrN3OS/c1-2-3-8-13-24-18-12-7-6-11-17(18)23-20(24)26-14-19(25)22-16-10-5-4-9-15(16)21/h4-7,9-12H,2-3,8,13-14H2,1H3,(H,22,25). The van der Waals surface area contributed by atoms with Crippen molar-refractivity contribution in [2.75, 3.05) is 11.1 Å². The second kappa shape index (κ2) is 9.24. The number of anilines is 1. The maximum atomic E-state index is 12.3. The Kier molecular flexibility index (Phi) is 6.74. The number of unbranched alkanes of at least 4 members (excludes halogenated alkanes) is 2. The van der Waals surface area contributed by atoms with Crippen LogP contribution in [0.1, 0.15) is 26.2 Å². The van der Waals surface area contributed by atoms with Crippen LogP contribution >= 0.6 is 27.7 Å². The number of amides is 1. The zero-order chi connectivity index (χ0) is 18.4. The largest absolute Gasteiger partial charge is 0.324 e. The lowest BCUT2D eigenvalue weighted by molar-refractivity contribution is -0.113. The predicted molar refractivity (Wildman–Crippen MR) is 113 cm³/mol. The molecule has 0 bridgehead atoms. The van der Waals surface area contributed by atoms with Crippen molar-refractivity contribution in [2.45, 2.75) is 37.9 Å². The first-order valence-electron chi connectivity index (χ1n) is 8.81. The van der Waals surface area contributed by atoms with Crippen LogP contribution < -0.4 is 5.32 Å². The van der Waals surface area contributed by atoms with Gasteiger partial charge in [-0.25, -0.2) is 4.98 Å². The first-order valence-corrected chi connectivity index (χ1v) is 10.6. The maximum Gasteiger partial charge on any atom is 0.234 e. The molecule has 0 atom stereocenters. The van der Waals surface area contributed by atoms with E-state index >= 15 is 0 Å². The molecule has 0 radical (unpaired) electrons. The van der Waals surface area contributed by atoms with E-state index < -0.39 is 0 Å². The number of thioether (sulfide) groups is 1. The number of aryl methyl sites for hydroxylation is 1. The summed E-state index contributed by atoms with van der Waals surface area (Å²) in [6.07, 6.45) is 3.50.